The van der Waals surface area contributed by atoms with Crippen LogP contribution < -0.4 is 10.1 Å². The molecule has 0 saturated carbocycles. The van der Waals surface area contributed by atoms with Crippen LogP contribution in [-0.2, 0) is 0 Å². The molecule has 0 saturated heterocycles. The van der Waals surface area contributed by atoms with Gasteiger partial charge in [-0.2, -0.15) is 0 Å². The number of thiazole rings is 1. The summed E-state index contributed by atoms with van der Waals surface area (Å²) in [5.41, 5.74) is 1.05. The third-order valence-corrected chi connectivity index (χ3v) is 2.88. The van der Waals surface area contributed by atoms with Gasteiger partial charge in [-0.15, -0.1) is 11.3 Å². The molecule has 84 valence electrons. The summed E-state index contributed by atoms with van der Waals surface area (Å²) in [6.45, 7) is 4.67. The second-order valence-corrected chi connectivity index (χ2v) is 4.56. The summed E-state index contributed by atoms with van der Waals surface area (Å²) in [5, 5.41) is 5.41. The van der Waals surface area contributed by atoms with E-state index in [4.69, 9.17) is 4.74 Å². The lowest BCUT2D eigenvalue weighted by molar-refractivity contribution is 0.340. The molecule has 1 heterocycles. The molecule has 1 N–H and O–H groups in total. The van der Waals surface area contributed by atoms with Crippen molar-refractivity contribution < 1.29 is 4.74 Å². The highest BCUT2D eigenvalue weighted by atomic mass is 32.1. The SMILES string of the molecule is CCOc1ccc(Nc2cnc(C)s2)cc1. The molecule has 0 aliphatic rings. The zero-order valence-electron chi connectivity index (χ0n) is 9.36. The van der Waals surface area contributed by atoms with Gasteiger partial charge in [0.25, 0.3) is 0 Å². The summed E-state index contributed by atoms with van der Waals surface area (Å²) >= 11 is 1.64. The van der Waals surface area contributed by atoms with E-state index < -0.39 is 0 Å². The molecule has 4 heteroatoms. The fourth-order valence-electron chi connectivity index (χ4n) is 1.36. The van der Waals surface area contributed by atoms with Gasteiger partial charge in [-0.05, 0) is 38.1 Å². The Morgan fingerprint density at radius 1 is 1.31 bits per heavy atom. The molecule has 0 amide bonds. The van der Waals surface area contributed by atoms with E-state index in [-0.39, 0.29) is 0 Å². The van der Waals surface area contributed by atoms with Gasteiger partial charge >= 0.3 is 0 Å². The molecule has 0 atom stereocenters. The van der Waals surface area contributed by atoms with Crippen LogP contribution in [0.15, 0.2) is 30.5 Å². The number of aromatic nitrogens is 1. The molecule has 2 aromatic rings. The average molecular weight is 234 g/mol. The predicted molar refractivity (Wildman–Crippen MR) is 67.7 cm³/mol. The highest BCUT2D eigenvalue weighted by Gasteiger charge is 1.99. The quantitative estimate of drug-likeness (QED) is 0.877. The number of ether oxygens (including phenoxy) is 1. The molecule has 0 unspecified atom stereocenters. The van der Waals surface area contributed by atoms with Crippen molar-refractivity contribution in [2.24, 2.45) is 0 Å². The molecule has 0 bridgehead atoms. The van der Waals surface area contributed by atoms with E-state index in [1.54, 1.807) is 11.3 Å². The first-order valence-corrected chi connectivity index (χ1v) is 6.02. The lowest BCUT2D eigenvalue weighted by atomic mass is 10.3. The van der Waals surface area contributed by atoms with Crippen LogP contribution in [0.3, 0.4) is 0 Å². The maximum absolute atomic E-state index is 5.38. The van der Waals surface area contributed by atoms with Gasteiger partial charge in [-0.25, -0.2) is 4.98 Å². The first kappa shape index (κ1) is 11.0. The first-order valence-electron chi connectivity index (χ1n) is 5.20. The van der Waals surface area contributed by atoms with Gasteiger partial charge in [0.15, 0.2) is 0 Å². The van der Waals surface area contributed by atoms with E-state index in [1.165, 1.54) is 0 Å². The van der Waals surface area contributed by atoms with Crippen molar-refractivity contribution in [1.82, 2.24) is 4.98 Å². The van der Waals surface area contributed by atoms with Gasteiger partial charge in [0, 0.05) is 5.69 Å². The second kappa shape index (κ2) is 4.99. The van der Waals surface area contributed by atoms with Crippen LogP contribution in [0.4, 0.5) is 10.7 Å². The number of hydrogen-bond acceptors (Lipinski definition) is 4. The Labute approximate surface area is 99.1 Å². The average Bonchev–Trinajstić information content (AvgIpc) is 2.67. The molecule has 16 heavy (non-hydrogen) atoms. The van der Waals surface area contributed by atoms with Crippen molar-refractivity contribution in [1.29, 1.82) is 0 Å². The normalized spacial score (nSPS) is 10.1. The van der Waals surface area contributed by atoms with Gasteiger partial charge in [0.1, 0.15) is 10.8 Å². The Balaban J connectivity index is 2.05. The lowest BCUT2D eigenvalue weighted by Crippen LogP contribution is -1.92. The van der Waals surface area contributed by atoms with E-state index in [1.807, 2.05) is 44.3 Å². The Bertz CT molecular complexity index is 450. The van der Waals surface area contributed by atoms with Gasteiger partial charge in [-0.1, -0.05) is 0 Å². The minimum Gasteiger partial charge on any atom is -0.494 e. The molecule has 2 rings (SSSR count). The zero-order valence-corrected chi connectivity index (χ0v) is 10.2. The number of rotatable bonds is 4. The molecule has 0 radical (unpaired) electrons. The molecule has 1 aromatic carbocycles. The van der Waals surface area contributed by atoms with Gasteiger partial charge in [0.2, 0.25) is 0 Å². The maximum atomic E-state index is 5.38. The van der Waals surface area contributed by atoms with E-state index in [0.29, 0.717) is 6.61 Å². The number of benzene rings is 1. The van der Waals surface area contributed by atoms with Crippen molar-refractivity contribution in [2.75, 3.05) is 11.9 Å². The van der Waals surface area contributed by atoms with Crippen LogP contribution in [0.25, 0.3) is 0 Å². The number of aryl methyl sites for hydroxylation is 1. The standard InChI is InChI=1S/C12H14N2OS/c1-3-15-11-6-4-10(5-7-11)14-12-8-13-9(2)16-12/h4-8,14H,3H2,1-2H3. The summed E-state index contributed by atoms with van der Waals surface area (Å²) in [6.07, 6.45) is 1.84. The van der Waals surface area contributed by atoms with Crippen LogP contribution in [0.2, 0.25) is 0 Å². The largest absolute Gasteiger partial charge is 0.494 e. The molecule has 0 aliphatic heterocycles. The summed E-state index contributed by atoms with van der Waals surface area (Å²) in [7, 11) is 0. The molecular weight excluding hydrogens is 220 g/mol. The zero-order chi connectivity index (χ0) is 11.4. The van der Waals surface area contributed by atoms with E-state index in [2.05, 4.69) is 10.3 Å². The lowest BCUT2D eigenvalue weighted by Gasteiger charge is -2.05. The topological polar surface area (TPSA) is 34.1 Å². The van der Waals surface area contributed by atoms with Crippen molar-refractivity contribution in [2.45, 2.75) is 13.8 Å². The Morgan fingerprint density at radius 2 is 2.06 bits per heavy atom. The number of nitrogens with one attached hydrogen (secondary N) is 1. The summed E-state index contributed by atoms with van der Waals surface area (Å²) in [4.78, 5) is 4.19. The summed E-state index contributed by atoms with van der Waals surface area (Å²) in [5.74, 6) is 0.897. The maximum Gasteiger partial charge on any atom is 0.119 e. The third-order valence-electron chi connectivity index (χ3n) is 2.05. The van der Waals surface area contributed by atoms with Crippen molar-refractivity contribution >= 4 is 22.0 Å². The fraction of sp³-hybridized carbons (Fsp3) is 0.250. The van der Waals surface area contributed by atoms with Gasteiger partial charge in [-0.3, -0.25) is 0 Å². The van der Waals surface area contributed by atoms with Crippen molar-refractivity contribution in [3.8, 4) is 5.75 Å². The van der Waals surface area contributed by atoms with Crippen molar-refractivity contribution in [3.05, 3.63) is 35.5 Å². The van der Waals surface area contributed by atoms with Crippen LogP contribution in [-0.4, -0.2) is 11.6 Å². The molecule has 0 spiro atoms. The summed E-state index contributed by atoms with van der Waals surface area (Å²) < 4.78 is 5.38. The number of hydrogen-bond donors (Lipinski definition) is 1. The van der Waals surface area contributed by atoms with E-state index in [0.717, 1.165) is 21.4 Å². The molecule has 0 fully saturated rings. The fourth-order valence-corrected chi connectivity index (χ4v) is 2.06. The Kier molecular flexibility index (Phi) is 3.41. The molecule has 1 aromatic heterocycles. The van der Waals surface area contributed by atoms with Gasteiger partial charge in [0.05, 0.1) is 17.8 Å². The van der Waals surface area contributed by atoms with Crippen LogP contribution in [0.1, 0.15) is 11.9 Å². The number of anilines is 2. The minimum atomic E-state index is 0.695. The monoisotopic (exact) mass is 234 g/mol. The van der Waals surface area contributed by atoms with E-state index in [9.17, 15) is 0 Å². The van der Waals surface area contributed by atoms with Crippen molar-refractivity contribution in [3.63, 3.8) is 0 Å². The smallest absolute Gasteiger partial charge is 0.119 e. The highest BCUT2D eigenvalue weighted by Crippen LogP contribution is 2.24. The molecule has 0 aliphatic carbocycles. The predicted octanol–water partition coefficient (Wildman–Crippen LogP) is 3.59. The van der Waals surface area contributed by atoms with Crippen LogP contribution in [0.5, 0.6) is 5.75 Å². The molecular formula is C12H14N2OS. The van der Waals surface area contributed by atoms with E-state index >= 15 is 0 Å². The second-order valence-electron chi connectivity index (χ2n) is 3.33. The minimum absolute atomic E-state index is 0.695. The van der Waals surface area contributed by atoms with Crippen LogP contribution in [0, 0.1) is 6.92 Å². The Morgan fingerprint density at radius 3 is 2.62 bits per heavy atom. The highest BCUT2D eigenvalue weighted by molar-refractivity contribution is 7.15. The number of nitrogens with zero attached hydrogens (tertiary/aromatic N) is 1. The van der Waals surface area contributed by atoms with Gasteiger partial charge < -0.3 is 10.1 Å². The first-order chi connectivity index (χ1) is 7.78. The van der Waals surface area contributed by atoms with Crippen LogP contribution >= 0.6 is 11.3 Å². The summed E-state index contributed by atoms with van der Waals surface area (Å²) in [6, 6.07) is 7.92. The molecule has 3 nitrogen and oxygen atoms in total. The third kappa shape index (κ3) is 2.73. The Hall–Kier alpha value is -1.55.